The molecule has 0 unspecified atom stereocenters. The fourth-order valence-corrected chi connectivity index (χ4v) is 3.95. The van der Waals surface area contributed by atoms with Crippen molar-refractivity contribution >= 4 is 16.7 Å². The summed E-state index contributed by atoms with van der Waals surface area (Å²) in [7, 11) is 0. The molecule has 5 nitrogen and oxygen atoms in total. The van der Waals surface area contributed by atoms with Gasteiger partial charge in [0.15, 0.2) is 0 Å². The van der Waals surface area contributed by atoms with E-state index in [1.807, 2.05) is 6.07 Å². The second kappa shape index (κ2) is 7.08. The summed E-state index contributed by atoms with van der Waals surface area (Å²) in [5.74, 6) is 0.109. The third kappa shape index (κ3) is 3.55. The molecule has 2 aromatic carbocycles. The number of anilines is 1. The van der Waals surface area contributed by atoms with Gasteiger partial charge in [-0.2, -0.15) is 0 Å². The molecule has 0 saturated carbocycles. The first-order valence-electron chi connectivity index (χ1n) is 9.42. The van der Waals surface area contributed by atoms with Gasteiger partial charge in [0, 0.05) is 28.8 Å². The Bertz CT molecular complexity index is 1030. The number of benzene rings is 2. The van der Waals surface area contributed by atoms with Crippen LogP contribution in [0.15, 0.2) is 51.7 Å². The number of rotatable bonds is 3. The van der Waals surface area contributed by atoms with E-state index in [0.29, 0.717) is 5.58 Å². The van der Waals surface area contributed by atoms with Crippen LogP contribution in [-0.4, -0.2) is 31.3 Å². The molecule has 5 heteroatoms. The highest BCUT2D eigenvalue weighted by Gasteiger charge is 2.22. The molecule has 1 aliphatic rings. The van der Waals surface area contributed by atoms with Crippen LogP contribution in [0.1, 0.15) is 16.7 Å². The smallest absolute Gasteiger partial charge is 0.336 e. The van der Waals surface area contributed by atoms with Crippen molar-refractivity contribution in [2.45, 2.75) is 20.4 Å². The minimum atomic E-state index is -0.364. The summed E-state index contributed by atoms with van der Waals surface area (Å²) in [6.45, 7) is 9.17. The van der Waals surface area contributed by atoms with E-state index >= 15 is 0 Å². The lowest BCUT2D eigenvalue weighted by molar-refractivity contribution is -0.914. The molecule has 140 valence electrons. The van der Waals surface area contributed by atoms with E-state index in [1.165, 1.54) is 27.8 Å². The number of fused-ring (bicyclic) bond motifs is 1. The maximum Gasteiger partial charge on any atom is 0.336 e. The molecule has 0 spiro atoms. The summed E-state index contributed by atoms with van der Waals surface area (Å²) in [4.78, 5) is 15.8. The molecule has 0 radical (unpaired) electrons. The summed E-state index contributed by atoms with van der Waals surface area (Å²) in [6, 6.07) is 13.0. The number of quaternary nitrogens is 1. The number of phenolic OH excluding ortho intramolecular Hbond substituents is 1. The van der Waals surface area contributed by atoms with Gasteiger partial charge >= 0.3 is 5.63 Å². The monoisotopic (exact) mass is 365 g/mol. The Morgan fingerprint density at radius 3 is 2.67 bits per heavy atom. The molecule has 1 aliphatic heterocycles. The van der Waals surface area contributed by atoms with E-state index < -0.39 is 0 Å². The molecule has 0 aliphatic carbocycles. The van der Waals surface area contributed by atoms with Crippen LogP contribution in [0.25, 0.3) is 11.0 Å². The highest BCUT2D eigenvalue weighted by Crippen LogP contribution is 2.23. The van der Waals surface area contributed by atoms with Crippen molar-refractivity contribution in [3.8, 4) is 5.75 Å². The van der Waals surface area contributed by atoms with Crippen LogP contribution in [0.4, 0.5) is 5.69 Å². The maximum absolute atomic E-state index is 11.9. The SMILES string of the molecule is Cc1cccc(N2CC[NH+](Cc3cc(=O)oc4cc(O)ccc34)CC2)c1C. The highest BCUT2D eigenvalue weighted by molar-refractivity contribution is 5.81. The van der Waals surface area contributed by atoms with E-state index in [4.69, 9.17) is 4.42 Å². The number of nitrogens with one attached hydrogen (secondary N) is 1. The van der Waals surface area contributed by atoms with Gasteiger partial charge in [-0.05, 0) is 43.2 Å². The van der Waals surface area contributed by atoms with Crippen molar-refractivity contribution in [2.24, 2.45) is 0 Å². The third-order valence-electron chi connectivity index (χ3n) is 5.64. The predicted octanol–water partition coefficient (Wildman–Crippen LogP) is 2.02. The second-order valence-electron chi connectivity index (χ2n) is 7.40. The van der Waals surface area contributed by atoms with E-state index in [0.717, 1.165) is 43.7 Å². The van der Waals surface area contributed by atoms with Crippen LogP contribution >= 0.6 is 0 Å². The second-order valence-corrected chi connectivity index (χ2v) is 7.40. The van der Waals surface area contributed by atoms with Gasteiger partial charge < -0.3 is 19.3 Å². The van der Waals surface area contributed by atoms with Gasteiger partial charge in [-0.1, -0.05) is 12.1 Å². The Morgan fingerprint density at radius 2 is 1.89 bits per heavy atom. The average Bonchev–Trinajstić information content (AvgIpc) is 2.64. The maximum atomic E-state index is 11.9. The van der Waals surface area contributed by atoms with E-state index in [2.05, 4.69) is 36.9 Å². The average molecular weight is 365 g/mol. The van der Waals surface area contributed by atoms with Crippen molar-refractivity contribution in [3.63, 3.8) is 0 Å². The van der Waals surface area contributed by atoms with Gasteiger partial charge in [0.05, 0.1) is 26.2 Å². The molecule has 1 fully saturated rings. The summed E-state index contributed by atoms with van der Waals surface area (Å²) < 4.78 is 5.24. The summed E-state index contributed by atoms with van der Waals surface area (Å²) >= 11 is 0. The standard InChI is InChI=1S/C22H24N2O3/c1-15-4-3-5-20(16(15)2)24-10-8-23(9-11-24)14-17-12-22(26)27-21-13-18(25)6-7-19(17)21/h3-7,12-13,25H,8-11,14H2,1-2H3/p+1. The lowest BCUT2D eigenvalue weighted by Crippen LogP contribution is -3.13. The Kier molecular flexibility index (Phi) is 4.62. The number of nitrogens with zero attached hydrogens (tertiary/aromatic N) is 1. The van der Waals surface area contributed by atoms with Gasteiger partial charge in [-0.15, -0.1) is 0 Å². The zero-order chi connectivity index (χ0) is 19.0. The zero-order valence-electron chi connectivity index (χ0n) is 15.8. The largest absolute Gasteiger partial charge is 0.508 e. The fourth-order valence-electron chi connectivity index (χ4n) is 3.95. The summed E-state index contributed by atoms with van der Waals surface area (Å²) in [6.07, 6.45) is 0. The molecule has 27 heavy (non-hydrogen) atoms. The third-order valence-corrected chi connectivity index (χ3v) is 5.64. The van der Waals surface area contributed by atoms with E-state index in [-0.39, 0.29) is 11.4 Å². The van der Waals surface area contributed by atoms with E-state index in [9.17, 15) is 9.90 Å². The van der Waals surface area contributed by atoms with Gasteiger partial charge in [-0.3, -0.25) is 0 Å². The van der Waals surface area contributed by atoms with Crippen LogP contribution < -0.4 is 15.4 Å². The fraction of sp³-hybridized carbons (Fsp3) is 0.318. The van der Waals surface area contributed by atoms with Crippen molar-refractivity contribution < 1.29 is 14.4 Å². The summed E-state index contributed by atoms with van der Waals surface area (Å²) in [5, 5.41) is 10.5. The van der Waals surface area contributed by atoms with Crippen LogP contribution in [0, 0.1) is 13.8 Å². The topological polar surface area (TPSA) is 58.1 Å². The lowest BCUT2D eigenvalue weighted by atomic mass is 10.1. The molecule has 2 heterocycles. The first-order chi connectivity index (χ1) is 13.0. The van der Waals surface area contributed by atoms with Crippen LogP contribution in [0.5, 0.6) is 5.75 Å². The Hall–Kier alpha value is -2.79. The molecule has 1 aromatic heterocycles. The number of aryl methyl sites for hydroxylation is 1. The number of phenols is 1. The molecular weight excluding hydrogens is 340 g/mol. The van der Waals surface area contributed by atoms with Gasteiger partial charge in [0.1, 0.15) is 17.9 Å². The van der Waals surface area contributed by atoms with Crippen molar-refractivity contribution in [2.75, 3.05) is 31.1 Å². The van der Waals surface area contributed by atoms with E-state index in [1.54, 1.807) is 12.1 Å². The number of aromatic hydroxyl groups is 1. The first kappa shape index (κ1) is 17.6. The van der Waals surface area contributed by atoms with Crippen molar-refractivity contribution in [1.82, 2.24) is 0 Å². The molecule has 4 rings (SSSR count). The molecular formula is C22H25N2O3+. The number of hydrogen-bond donors (Lipinski definition) is 2. The zero-order valence-corrected chi connectivity index (χ0v) is 15.8. The van der Waals surface area contributed by atoms with Crippen LogP contribution in [0.2, 0.25) is 0 Å². The molecule has 3 aromatic rings. The highest BCUT2D eigenvalue weighted by atomic mass is 16.4. The number of piperazine rings is 1. The Morgan fingerprint density at radius 1 is 1.11 bits per heavy atom. The molecule has 0 bridgehead atoms. The molecule has 0 amide bonds. The number of hydrogen-bond acceptors (Lipinski definition) is 4. The molecule has 2 N–H and O–H groups in total. The van der Waals surface area contributed by atoms with Gasteiger partial charge in [-0.25, -0.2) is 4.79 Å². The molecule has 1 saturated heterocycles. The quantitative estimate of drug-likeness (QED) is 0.698. The predicted molar refractivity (Wildman–Crippen MR) is 107 cm³/mol. The molecule has 0 atom stereocenters. The lowest BCUT2D eigenvalue weighted by Gasteiger charge is -2.34. The summed E-state index contributed by atoms with van der Waals surface area (Å²) in [5.41, 5.74) is 5.08. The minimum absolute atomic E-state index is 0.109. The van der Waals surface area contributed by atoms with Crippen molar-refractivity contribution in [3.05, 3.63) is 69.6 Å². The van der Waals surface area contributed by atoms with Crippen LogP contribution in [0.3, 0.4) is 0 Å². The normalized spacial score (nSPS) is 15.4. The van der Waals surface area contributed by atoms with Crippen LogP contribution in [-0.2, 0) is 6.54 Å². The first-order valence-corrected chi connectivity index (χ1v) is 9.42. The van der Waals surface area contributed by atoms with Gasteiger partial charge in [0.2, 0.25) is 0 Å². The Labute approximate surface area is 158 Å². The minimum Gasteiger partial charge on any atom is -0.508 e. The van der Waals surface area contributed by atoms with Gasteiger partial charge in [0.25, 0.3) is 0 Å². The Balaban J connectivity index is 1.51. The van der Waals surface area contributed by atoms with Crippen molar-refractivity contribution in [1.29, 1.82) is 0 Å².